The molecule has 0 aromatic heterocycles. The minimum absolute atomic E-state index is 0.0236. The fourth-order valence-corrected chi connectivity index (χ4v) is 10.1. The number of esters is 1. The maximum atomic E-state index is 13.5. The van der Waals surface area contributed by atoms with Crippen LogP contribution in [0.3, 0.4) is 0 Å². The Morgan fingerprint density at radius 1 is 0.857 bits per heavy atom. The summed E-state index contributed by atoms with van der Waals surface area (Å²) in [7, 11) is 0. The molecule has 0 spiro atoms. The maximum absolute atomic E-state index is 13.5. The molecule has 2 heterocycles. The second-order valence-electron chi connectivity index (χ2n) is 15.3. The highest BCUT2D eigenvalue weighted by molar-refractivity contribution is 5.82. The molecular formula is C30H46O5. The summed E-state index contributed by atoms with van der Waals surface area (Å²) < 4.78 is 13.1. The predicted molar refractivity (Wildman–Crippen MR) is 133 cm³/mol. The normalized spacial score (nSPS) is 57.7. The summed E-state index contributed by atoms with van der Waals surface area (Å²) in [5, 5.41) is 22.7. The summed E-state index contributed by atoms with van der Waals surface area (Å²) >= 11 is 0. The highest BCUT2D eigenvalue weighted by atomic mass is 16.6. The van der Waals surface area contributed by atoms with Crippen molar-refractivity contribution in [2.24, 2.45) is 33.5 Å². The molecular weight excluding hydrogens is 440 g/mol. The second kappa shape index (κ2) is 6.56. The first-order chi connectivity index (χ1) is 16.0. The van der Waals surface area contributed by atoms with E-state index in [1.54, 1.807) is 0 Å². The van der Waals surface area contributed by atoms with Gasteiger partial charge in [0.25, 0.3) is 0 Å². The number of fused-ring (bicyclic) bond motifs is 3. The molecule has 5 heteroatoms. The molecule has 4 aliphatic carbocycles. The summed E-state index contributed by atoms with van der Waals surface area (Å²) in [4.78, 5) is 13.5. The summed E-state index contributed by atoms with van der Waals surface area (Å²) in [5.41, 5.74) is -3.52. The number of carbonyl (C=O) groups is 1. The maximum Gasteiger partial charge on any atom is 0.313 e. The summed E-state index contributed by atoms with van der Waals surface area (Å²) in [6.07, 6.45) is 11.7. The van der Waals surface area contributed by atoms with Crippen LogP contribution in [0.4, 0.5) is 0 Å². The van der Waals surface area contributed by atoms with Crippen LogP contribution in [0.25, 0.3) is 0 Å². The molecule has 2 aliphatic heterocycles. The van der Waals surface area contributed by atoms with E-state index in [0.29, 0.717) is 18.8 Å². The number of hydrogen-bond acceptors (Lipinski definition) is 5. The van der Waals surface area contributed by atoms with Gasteiger partial charge in [-0.3, -0.25) is 4.79 Å². The topological polar surface area (TPSA) is 79.3 Å². The number of epoxide rings is 1. The van der Waals surface area contributed by atoms with Gasteiger partial charge in [0.1, 0.15) is 11.2 Å². The fourth-order valence-electron chi connectivity index (χ4n) is 10.1. The molecule has 2 bridgehead atoms. The molecule has 0 aromatic rings. The van der Waals surface area contributed by atoms with Crippen molar-refractivity contribution >= 4 is 5.97 Å². The van der Waals surface area contributed by atoms with Gasteiger partial charge in [-0.25, -0.2) is 0 Å². The zero-order valence-electron chi connectivity index (χ0n) is 22.9. The first-order valence-corrected chi connectivity index (χ1v) is 14.1. The van der Waals surface area contributed by atoms with Crippen LogP contribution in [0.15, 0.2) is 12.2 Å². The van der Waals surface area contributed by atoms with Crippen LogP contribution in [0.5, 0.6) is 0 Å². The average Bonchev–Trinajstić information content (AvgIpc) is 3.33. The molecule has 6 fully saturated rings. The smallest absolute Gasteiger partial charge is 0.313 e. The van der Waals surface area contributed by atoms with E-state index in [1.807, 2.05) is 6.92 Å². The second-order valence-corrected chi connectivity index (χ2v) is 15.3. The van der Waals surface area contributed by atoms with Gasteiger partial charge in [0, 0.05) is 11.3 Å². The van der Waals surface area contributed by atoms with Gasteiger partial charge in [-0.15, -0.1) is 0 Å². The molecule has 0 aromatic carbocycles. The van der Waals surface area contributed by atoms with E-state index in [-0.39, 0.29) is 39.8 Å². The third-order valence-electron chi connectivity index (χ3n) is 12.7. The van der Waals surface area contributed by atoms with Crippen molar-refractivity contribution in [2.45, 2.75) is 135 Å². The number of carbonyl (C=O) groups excluding carboxylic acids is 1. The molecule has 6 aliphatic rings. The van der Waals surface area contributed by atoms with Crippen LogP contribution in [-0.2, 0) is 14.3 Å². The van der Waals surface area contributed by atoms with Crippen LogP contribution >= 0.6 is 0 Å². The van der Waals surface area contributed by atoms with E-state index >= 15 is 0 Å². The van der Waals surface area contributed by atoms with Crippen molar-refractivity contribution in [3.8, 4) is 0 Å². The van der Waals surface area contributed by atoms with Gasteiger partial charge >= 0.3 is 5.97 Å². The Morgan fingerprint density at radius 2 is 1.54 bits per heavy atom. The van der Waals surface area contributed by atoms with Gasteiger partial charge in [-0.1, -0.05) is 34.6 Å². The third-order valence-corrected chi connectivity index (χ3v) is 12.7. The molecule has 5 nitrogen and oxygen atoms in total. The average molecular weight is 487 g/mol. The standard InChI is InChI=1S/C30H46O5/c1-23(2)12-14-28-15-13-26(6,33)29(20(28)18-23,34-22(28)32)16-17-30-25(5)10-9-21(31)24(3,4)19(25)8-11-27(30,7)35-30/h16-17,19-21,31,33H,8-15,18H2,1-7H3/b17-16-/t19-,20+,21-,25-,26-,27+,28-,29-,30-/m0/s1. The van der Waals surface area contributed by atoms with Crippen LogP contribution in [0.2, 0.25) is 0 Å². The van der Waals surface area contributed by atoms with Crippen molar-refractivity contribution < 1.29 is 24.5 Å². The lowest BCUT2D eigenvalue weighted by Gasteiger charge is -2.58. The number of aliphatic hydroxyl groups excluding tert-OH is 1. The van der Waals surface area contributed by atoms with Crippen LogP contribution in [0, 0.1) is 33.5 Å². The first-order valence-electron chi connectivity index (χ1n) is 14.1. The number of ether oxygens (including phenoxy) is 2. The molecule has 6 rings (SSSR count). The zero-order chi connectivity index (χ0) is 25.5. The quantitative estimate of drug-likeness (QED) is 0.314. The Labute approximate surface area is 211 Å². The molecule has 2 N–H and O–H groups in total. The van der Waals surface area contributed by atoms with Crippen molar-refractivity contribution in [1.29, 1.82) is 0 Å². The molecule has 4 saturated carbocycles. The molecule has 0 amide bonds. The highest BCUT2D eigenvalue weighted by Gasteiger charge is 2.80. The van der Waals surface area contributed by atoms with Gasteiger partial charge in [-0.05, 0) is 101 Å². The minimum Gasteiger partial charge on any atom is -0.451 e. The van der Waals surface area contributed by atoms with E-state index in [4.69, 9.17) is 9.47 Å². The highest BCUT2D eigenvalue weighted by Crippen LogP contribution is 2.74. The fraction of sp³-hybridized carbons (Fsp3) is 0.900. The van der Waals surface area contributed by atoms with E-state index in [2.05, 4.69) is 53.7 Å². The summed E-state index contributed by atoms with van der Waals surface area (Å²) in [5.74, 6) is 0.207. The van der Waals surface area contributed by atoms with E-state index in [1.165, 1.54) is 0 Å². The van der Waals surface area contributed by atoms with Crippen molar-refractivity contribution in [2.75, 3.05) is 0 Å². The van der Waals surface area contributed by atoms with Crippen LogP contribution in [0.1, 0.15) is 106 Å². The van der Waals surface area contributed by atoms with E-state index in [9.17, 15) is 15.0 Å². The lowest BCUT2D eigenvalue weighted by Crippen LogP contribution is -2.62. The summed E-state index contributed by atoms with van der Waals surface area (Å²) in [6, 6.07) is 0. The number of aliphatic hydroxyl groups is 2. The molecule has 196 valence electrons. The van der Waals surface area contributed by atoms with Crippen molar-refractivity contribution in [3.63, 3.8) is 0 Å². The zero-order valence-corrected chi connectivity index (χ0v) is 22.9. The molecule has 0 unspecified atom stereocenters. The van der Waals surface area contributed by atoms with Gasteiger partial charge in [0.05, 0.1) is 17.1 Å². The lowest BCUT2D eigenvalue weighted by atomic mass is 9.45. The summed E-state index contributed by atoms with van der Waals surface area (Å²) in [6.45, 7) is 15.4. The van der Waals surface area contributed by atoms with Gasteiger partial charge < -0.3 is 19.7 Å². The number of rotatable bonds is 2. The van der Waals surface area contributed by atoms with E-state index in [0.717, 1.165) is 44.9 Å². The van der Waals surface area contributed by atoms with Gasteiger partial charge in [-0.2, -0.15) is 0 Å². The van der Waals surface area contributed by atoms with Crippen LogP contribution < -0.4 is 0 Å². The molecule has 9 atom stereocenters. The monoisotopic (exact) mass is 486 g/mol. The largest absolute Gasteiger partial charge is 0.451 e. The Balaban J connectivity index is 1.45. The number of hydrogen-bond donors (Lipinski definition) is 2. The SMILES string of the molecule is CC1(C)CC[C@@]23CC[C@](C)(O)[C@@](/C=C\[C@@]45O[C@]4(C)CC[C@H]4C(C)(C)[C@@H](O)CC[C@@]45C)(OC2=O)[C@@H]3C1. The Hall–Kier alpha value is -0.910. The Kier molecular flexibility index (Phi) is 4.58. The molecule has 35 heavy (non-hydrogen) atoms. The predicted octanol–water partition coefficient (Wildman–Crippen LogP) is 5.32. The van der Waals surface area contributed by atoms with Gasteiger partial charge in [0.15, 0.2) is 5.60 Å². The molecule has 0 radical (unpaired) electrons. The van der Waals surface area contributed by atoms with E-state index < -0.39 is 22.2 Å². The Bertz CT molecular complexity index is 993. The molecule has 2 saturated heterocycles. The third kappa shape index (κ3) is 2.69. The van der Waals surface area contributed by atoms with Crippen LogP contribution in [-0.4, -0.2) is 44.7 Å². The minimum atomic E-state index is -1.11. The first kappa shape index (κ1) is 24.4. The van der Waals surface area contributed by atoms with Gasteiger partial charge in [0.2, 0.25) is 0 Å². The van der Waals surface area contributed by atoms with Crippen molar-refractivity contribution in [1.82, 2.24) is 0 Å². The lowest BCUT2D eigenvalue weighted by molar-refractivity contribution is -0.175. The van der Waals surface area contributed by atoms with Crippen molar-refractivity contribution in [3.05, 3.63) is 12.2 Å². The Morgan fingerprint density at radius 3 is 2.26 bits per heavy atom.